The van der Waals surface area contributed by atoms with Crippen LogP contribution >= 0.6 is 12.2 Å². The largest absolute Gasteiger partial charge is 0.383 e. The van der Waals surface area contributed by atoms with E-state index in [-0.39, 0.29) is 6.04 Å². The van der Waals surface area contributed by atoms with E-state index in [0.29, 0.717) is 6.61 Å². The summed E-state index contributed by atoms with van der Waals surface area (Å²) >= 11 is 5.25. The highest BCUT2D eigenvalue weighted by Gasteiger charge is 2.17. The highest BCUT2D eigenvalue weighted by molar-refractivity contribution is 7.80. The molecule has 19 heavy (non-hydrogen) atoms. The van der Waals surface area contributed by atoms with Crippen LogP contribution in [0.15, 0.2) is 0 Å². The van der Waals surface area contributed by atoms with Crippen LogP contribution in [0.5, 0.6) is 0 Å². The standard InChI is InChI=1S/C14H29N3OS/c1-12(11-18-3)16-14(19)15-8-6-10-17-9-5-4-7-13(17)2/h12-13H,4-11H2,1-3H3,(H2,15,16,19). The third kappa shape index (κ3) is 7.09. The normalized spacial score (nSPS) is 21.9. The lowest BCUT2D eigenvalue weighted by molar-refractivity contribution is 0.159. The Kier molecular flexibility index (Phi) is 8.34. The van der Waals surface area contributed by atoms with E-state index in [1.165, 1.54) is 32.4 Å². The van der Waals surface area contributed by atoms with E-state index in [4.69, 9.17) is 17.0 Å². The number of ether oxygens (including phenoxy) is 1. The van der Waals surface area contributed by atoms with Gasteiger partial charge in [-0.3, -0.25) is 0 Å². The molecular weight excluding hydrogens is 258 g/mol. The minimum atomic E-state index is 0.257. The lowest BCUT2D eigenvalue weighted by Gasteiger charge is -2.33. The smallest absolute Gasteiger partial charge is 0.166 e. The fourth-order valence-corrected chi connectivity index (χ4v) is 2.84. The van der Waals surface area contributed by atoms with Gasteiger partial charge in [-0.25, -0.2) is 0 Å². The lowest BCUT2D eigenvalue weighted by Crippen LogP contribution is -2.44. The first-order valence-electron chi connectivity index (χ1n) is 7.41. The molecule has 0 aromatic heterocycles. The highest BCUT2D eigenvalue weighted by atomic mass is 32.1. The molecule has 1 aliphatic heterocycles. The van der Waals surface area contributed by atoms with E-state index >= 15 is 0 Å². The van der Waals surface area contributed by atoms with Gasteiger partial charge in [0.2, 0.25) is 0 Å². The van der Waals surface area contributed by atoms with Crippen molar-refractivity contribution < 1.29 is 4.74 Å². The van der Waals surface area contributed by atoms with Gasteiger partial charge in [-0.15, -0.1) is 0 Å². The molecule has 1 aliphatic rings. The van der Waals surface area contributed by atoms with E-state index < -0.39 is 0 Å². The predicted octanol–water partition coefficient (Wildman–Crippen LogP) is 1.75. The van der Waals surface area contributed by atoms with Gasteiger partial charge in [-0.05, 0) is 51.9 Å². The van der Waals surface area contributed by atoms with E-state index in [0.717, 1.165) is 24.1 Å². The molecular formula is C14H29N3OS. The van der Waals surface area contributed by atoms with Crippen molar-refractivity contribution in [3.63, 3.8) is 0 Å². The van der Waals surface area contributed by atoms with Crippen LogP contribution in [0.3, 0.4) is 0 Å². The average molecular weight is 287 g/mol. The molecule has 0 aliphatic carbocycles. The Morgan fingerprint density at radius 2 is 2.26 bits per heavy atom. The Balaban J connectivity index is 2.05. The van der Waals surface area contributed by atoms with Crippen LogP contribution in [0.2, 0.25) is 0 Å². The zero-order valence-corrected chi connectivity index (χ0v) is 13.4. The van der Waals surface area contributed by atoms with Crippen LogP contribution in [0.25, 0.3) is 0 Å². The Labute approximate surface area is 123 Å². The molecule has 0 spiro atoms. The summed E-state index contributed by atoms with van der Waals surface area (Å²) in [5, 5.41) is 7.21. The molecule has 1 fully saturated rings. The van der Waals surface area contributed by atoms with Gasteiger partial charge < -0.3 is 20.3 Å². The lowest BCUT2D eigenvalue weighted by atomic mass is 10.0. The maximum absolute atomic E-state index is 5.25. The van der Waals surface area contributed by atoms with Crippen LogP contribution in [0, 0.1) is 0 Å². The van der Waals surface area contributed by atoms with Crippen molar-refractivity contribution in [1.82, 2.24) is 15.5 Å². The molecule has 0 amide bonds. The van der Waals surface area contributed by atoms with Crippen molar-refractivity contribution in [1.29, 1.82) is 0 Å². The highest BCUT2D eigenvalue weighted by Crippen LogP contribution is 2.15. The van der Waals surface area contributed by atoms with Crippen LogP contribution < -0.4 is 10.6 Å². The first-order chi connectivity index (χ1) is 9.13. The number of rotatable bonds is 7. The Bertz CT molecular complexity index is 263. The van der Waals surface area contributed by atoms with Gasteiger partial charge in [0.15, 0.2) is 5.11 Å². The number of methoxy groups -OCH3 is 1. The number of thiocarbonyl (C=S) groups is 1. The summed E-state index contributed by atoms with van der Waals surface area (Å²) in [5.41, 5.74) is 0. The zero-order chi connectivity index (χ0) is 14.1. The van der Waals surface area contributed by atoms with Crippen molar-refractivity contribution in [3.05, 3.63) is 0 Å². The number of likely N-dealkylation sites (tertiary alicyclic amines) is 1. The molecule has 0 saturated carbocycles. The van der Waals surface area contributed by atoms with E-state index in [9.17, 15) is 0 Å². The SMILES string of the molecule is COCC(C)NC(=S)NCCCN1CCCCC1C. The summed E-state index contributed by atoms with van der Waals surface area (Å²) in [6.07, 6.45) is 5.24. The van der Waals surface area contributed by atoms with Crippen molar-refractivity contribution in [2.24, 2.45) is 0 Å². The van der Waals surface area contributed by atoms with Gasteiger partial charge in [0.25, 0.3) is 0 Å². The summed E-state index contributed by atoms with van der Waals surface area (Å²) in [5.74, 6) is 0. The van der Waals surface area contributed by atoms with Crippen LogP contribution in [0.4, 0.5) is 0 Å². The Morgan fingerprint density at radius 3 is 2.95 bits per heavy atom. The number of hydrogen-bond donors (Lipinski definition) is 2. The number of hydrogen-bond acceptors (Lipinski definition) is 3. The summed E-state index contributed by atoms with van der Waals surface area (Å²) in [6, 6.07) is 1.01. The van der Waals surface area contributed by atoms with Gasteiger partial charge in [0, 0.05) is 32.3 Å². The molecule has 112 valence electrons. The van der Waals surface area contributed by atoms with E-state index in [1.807, 2.05) is 0 Å². The second kappa shape index (κ2) is 9.50. The number of nitrogens with zero attached hydrogens (tertiary/aromatic N) is 1. The molecule has 4 nitrogen and oxygen atoms in total. The molecule has 2 N–H and O–H groups in total. The van der Waals surface area contributed by atoms with Crippen LogP contribution in [0.1, 0.15) is 39.5 Å². The summed E-state index contributed by atoms with van der Waals surface area (Å²) < 4.78 is 5.06. The average Bonchev–Trinajstić information content (AvgIpc) is 2.36. The quantitative estimate of drug-likeness (QED) is 0.551. The summed E-state index contributed by atoms with van der Waals surface area (Å²) in [4.78, 5) is 2.59. The topological polar surface area (TPSA) is 36.5 Å². The zero-order valence-electron chi connectivity index (χ0n) is 12.6. The Hall–Kier alpha value is -0.390. The second-order valence-corrected chi connectivity index (χ2v) is 5.90. The molecule has 5 heteroatoms. The van der Waals surface area contributed by atoms with Crippen LogP contribution in [-0.2, 0) is 4.74 Å². The van der Waals surface area contributed by atoms with E-state index in [2.05, 4.69) is 29.4 Å². The maximum Gasteiger partial charge on any atom is 0.166 e. The van der Waals surface area contributed by atoms with Gasteiger partial charge in [-0.2, -0.15) is 0 Å². The number of piperidine rings is 1. The molecule has 1 heterocycles. The fourth-order valence-electron chi connectivity index (χ4n) is 2.54. The van der Waals surface area contributed by atoms with Gasteiger partial charge >= 0.3 is 0 Å². The predicted molar refractivity (Wildman–Crippen MR) is 84.6 cm³/mol. The molecule has 0 aromatic rings. The van der Waals surface area contributed by atoms with Crippen molar-refractivity contribution in [2.75, 3.05) is 33.4 Å². The molecule has 0 bridgehead atoms. The van der Waals surface area contributed by atoms with E-state index in [1.54, 1.807) is 7.11 Å². The van der Waals surface area contributed by atoms with Gasteiger partial charge in [-0.1, -0.05) is 6.42 Å². The number of nitrogens with one attached hydrogen (secondary N) is 2. The molecule has 1 rings (SSSR count). The molecule has 0 aromatic carbocycles. The molecule has 2 atom stereocenters. The van der Waals surface area contributed by atoms with Crippen molar-refractivity contribution in [3.8, 4) is 0 Å². The third-order valence-corrected chi connectivity index (χ3v) is 3.90. The minimum absolute atomic E-state index is 0.257. The van der Waals surface area contributed by atoms with Crippen molar-refractivity contribution in [2.45, 2.75) is 51.6 Å². The summed E-state index contributed by atoms with van der Waals surface area (Å²) in [7, 11) is 1.70. The molecule has 0 radical (unpaired) electrons. The van der Waals surface area contributed by atoms with Gasteiger partial charge in [0.1, 0.15) is 0 Å². The monoisotopic (exact) mass is 287 g/mol. The van der Waals surface area contributed by atoms with Crippen LogP contribution in [-0.4, -0.2) is 55.4 Å². The minimum Gasteiger partial charge on any atom is -0.383 e. The first-order valence-corrected chi connectivity index (χ1v) is 7.81. The van der Waals surface area contributed by atoms with Gasteiger partial charge in [0.05, 0.1) is 6.61 Å². The molecule has 2 unspecified atom stereocenters. The Morgan fingerprint density at radius 1 is 1.47 bits per heavy atom. The molecule has 1 saturated heterocycles. The third-order valence-electron chi connectivity index (χ3n) is 3.64. The maximum atomic E-state index is 5.25. The second-order valence-electron chi connectivity index (χ2n) is 5.49. The first kappa shape index (κ1) is 16.7. The van der Waals surface area contributed by atoms with Crippen molar-refractivity contribution >= 4 is 17.3 Å². The summed E-state index contributed by atoms with van der Waals surface area (Å²) in [6.45, 7) is 8.44. The fraction of sp³-hybridized carbons (Fsp3) is 0.929.